The van der Waals surface area contributed by atoms with E-state index >= 15 is 0 Å². The molecule has 9 heteroatoms. The summed E-state index contributed by atoms with van der Waals surface area (Å²) < 4.78 is 6.58. The number of carbonyl (C=O) groups is 1. The van der Waals surface area contributed by atoms with Gasteiger partial charge in [0.25, 0.3) is 0 Å². The molecule has 0 aliphatic carbocycles. The first-order chi connectivity index (χ1) is 10.0. The van der Waals surface area contributed by atoms with E-state index in [-0.39, 0.29) is 12.2 Å². The van der Waals surface area contributed by atoms with Crippen molar-refractivity contribution in [3.05, 3.63) is 23.1 Å². The summed E-state index contributed by atoms with van der Waals surface area (Å²) >= 11 is 0. The molecule has 2 rings (SSSR count). The van der Waals surface area contributed by atoms with E-state index in [1.807, 2.05) is 0 Å². The van der Waals surface area contributed by atoms with E-state index in [0.717, 1.165) is 0 Å². The molecule has 114 valence electrons. The van der Waals surface area contributed by atoms with Crippen LogP contribution >= 0.6 is 0 Å². The van der Waals surface area contributed by atoms with Crippen molar-refractivity contribution >= 4 is 5.97 Å². The molecule has 0 aliphatic rings. The molecule has 0 saturated carbocycles. The Labute approximate surface area is 121 Å². The van der Waals surface area contributed by atoms with E-state index in [4.69, 9.17) is 15.4 Å². The highest BCUT2D eigenvalue weighted by Crippen LogP contribution is 2.10. The molecule has 9 nitrogen and oxygen atoms in total. The third-order valence-corrected chi connectivity index (χ3v) is 2.81. The maximum Gasteiger partial charge on any atom is 0.358 e. The largest absolute Gasteiger partial charge is 0.476 e. The smallest absolute Gasteiger partial charge is 0.358 e. The number of rotatable bonds is 7. The van der Waals surface area contributed by atoms with Crippen molar-refractivity contribution in [3.63, 3.8) is 0 Å². The predicted octanol–water partition coefficient (Wildman–Crippen LogP) is 0.107. The van der Waals surface area contributed by atoms with Gasteiger partial charge >= 0.3 is 5.97 Å². The van der Waals surface area contributed by atoms with Crippen molar-refractivity contribution in [2.45, 2.75) is 33.2 Å². The Morgan fingerprint density at radius 2 is 2.24 bits per heavy atom. The van der Waals surface area contributed by atoms with E-state index in [1.165, 1.54) is 4.68 Å². The van der Waals surface area contributed by atoms with Crippen LogP contribution in [0.15, 0.2) is 4.52 Å². The van der Waals surface area contributed by atoms with Crippen LogP contribution < -0.4 is 5.73 Å². The van der Waals surface area contributed by atoms with Gasteiger partial charge < -0.3 is 15.4 Å². The molecule has 0 fully saturated rings. The summed E-state index contributed by atoms with van der Waals surface area (Å²) in [6.45, 7) is 4.62. The zero-order chi connectivity index (χ0) is 15.4. The highest BCUT2D eigenvalue weighted by molar-refractivity contribution is 5.86. The van der Waals surface area contributed by atoms with E-state index in [0.29, 0.717) is 42.7 Å². The molecule has 0 saturated heterocycles. The van der Waals surface area contributed by atoms with Gasteiger partial charge in [0, 0.05) is 12.8 Å². The highest BCUT2D eigenvalue weighted by Gasteiger charge is 2.19. The molecule has 0 radical (unpaired) electrons. The fourth-order valence-corrected chi connectivity index (χ4v) is 1.93. The van der Waals surface area contributed by atoms with Crippen LogP contribution in [0.2, 0.25) is 0 Å². The first-order valence-corrected chi connectivity index (χ1v) is 6.68. The molecule has 2 aromatic rings. The standard InChI is InChI=1S/C12H18N6O3/c1-7(2)5-10-14-9(16-21-10)6-18-8(3-4-13)11(12(19)20)15-17-18/h7H,3-6,13H2,1-2H3,(H,19,20). The van der Waals surface area contributed by atoms with Crippen molar-refractivity contribution in [1.29, 1.82) is 0 Å². The summed E-state index contributed by atoms with van der Waals surface area (Å²) in [6.07, 6.45) is 1.06. The van der Waals surface area contributed by atoms with Gasteiger partial charge in [0.1, 0.15) is 6.54 Å². The number of aromatic nitrogens is 5. The van der Waals surface area contributed by atoms with Crippen LogP contribution in [-0.4, -0.2) is 42.8 Å². The van der Waals surface area contributed by atoms with E-state index in [1.54, 1.807) is 0 Å². The SMILES string of the molecule is CC(C)Cc1nc(Cn2nnc(C(=O)O)c2CCN)no1. The number of hydrogen-bond acceptors (Lipinski definition) is 7. The Hall–Kier alpha value is -2.29. The van der Waals surface area contributed by atoms with Crippen LogP contribution in [0.25, 0.3) is 0 Å². The molecule has 0 bridgehead atoms. The second-order valence-electron chi connectivity index (χ2n) is 5.09. The fourth-order valence-electron chi connectivity index (χ4n) is 1.93. The zero-order valence-electron chi connectivity index (χ0n) is 12.0. The molecule has 0 amide bonds. The topological polar surface area (TPSA) is 133 Å². The lowest BCUT2D eigenvalue weighted by molar-refractivity contribution is 0.0689. The molecular formula is C12H18N6O3. The average molecular weight is 294 g/mol. The summed E-state index contributed by atoms with van der Waals surface area (Å²) in [7, 11) is 0. The van der Waals surface area contributed by atoms with Gasteiger partial charge in [-0.25, -0.2) is 9.48 Å². The number of nitrogens with two attached hydrogens (primary N) is 1. The van der Waals surface area contributed by atoms with Gasteiger partial charge in [-0.15, -0.1) is 5.10 Å². The van der Waals surface area contributed by atoms with Gasteiger partial charge in [0.15, 0.2) is 11.5 Å². The number of aromatic carboxylic acids is 1. The van der Waals surface area contributed by atoms with Gasteiger partial charge in [-0.1, -0.05) is 24.2 Å². The van der Waals surface area contributed by atoms with E-state index < -0.39 is 5.97 Å². The summed E-state index contributed by atoms with van der Waals surface area (Å²) in [5, 5.41) is 20.4. The summed E-state index contributed by atoms with van der Waals surface area (Å²) in [5.74, 6) is 0.277. The number of carboxylic acid groups (broad SMARTS) is 1. The lowest BCUT2D eigenvalue weighted by atomic mass is 10.1. The van der Waals surface area contributed by atoms with Crippen molar-refractivity contribution < 1.29 is 14.4 Å². The second-order valence-corrected chi connectivity index (χ2v) is 5.09. The Bertz CT molecular complexity index is 618. The summed E-state index contributed by atoms with van der Waals surface area (Å²) in [6, 6.07) is 0. The number of nitrogens with zero attached hydrogens (tertiary/aromatic N) is 5. The molecule has 0 aliphatic heterocycles. The van der Waals surface area contributed by atoms with Crippen LogP contribution in [-0.2, 0) is 19.4 Å². The van der Waals surface area contributed by atoms with Crippen molar-refractivity contribution in [1.82, 2.24) is 25.1 Å². The monoisotopic (exact) mass is 294 g/mol. The van der Waals surface area contributed by atoms with Crippen LogP contribution in [0.4, 0.5) is 0 Å². The van der Waals surface area contributed by atoms with Crippen molar-refractivity contribution in [2.75, 3.05) is 6.54 Å². The molecule has 2 heterocycles. The quantitative estimate of drug-likeness (QED) is 0.735. The third-order valence-electron chi connectivity index (χ3n) is 2.81. The number of carboxylic acids is 1. The van der Waals surface area contributed by atoms with Gasteiger partial charge in [-0.05, 0) is 12.5 Å². The van der Waals surface area contributed by atoms with Crippen LogP contribution in [0.3, 0.4) is 0 Å². The molecule has 0 unspecified atom stereocenters. The van der Waals surface area contributed by atoms with Gasteiger partial charge in [-0.3, -0.25) is 0 Å². The fraction of sp³-hybridized carbons (Fsp3) is 0.583. The van der Waals surface area contributed by atoms with Crippen LogP contribution in [0.5, 0.6) is 0 Å². The normalized spacial score (nSPS) is 11.2. The zero-order valence-corrected chi connectivity index (χ0v) is 12.0. The van der Waals surface area contributed by atoms with E-state index in [2.05, 4.69) is 34.3 Å². The summed E-state index contributed by atoms with van der Waals surface area (Å²) in [5.41, 5.74) is 5.87. The highest BCUT2D eigenvalue weighted by atomic mass is 16.5. The molecule has 3 N–H and O–H groups in total. The minimum Gasteiger partial charge on any atom is -0.476 e. The number of hydrogen-bond donors (Lipinski definition) is 2. The Morgan fingerprint density at radius 3 is 2.86 bits per heavy atom. The van der Waals surface area contributed by atoms with Crippen molar-refractivity contribution in [2.24, 2.45) is 11.7 Å². The van der Waals surface area contributed by atoms with Gasteiger partial charge in [-0.2, -0.15) is 4.98 Å². The van der Waals surface area contributed by atoms with Crippen molar-refractivity contribution in [3.8, 4) is 0 Å². The second kappa shape index (κ2) is 6.44. The Morgan fingerprint density at radius 1 is 1.48 bits per heavy atom. The predicted molar refractivity (Wildman–Crippen MR) is 71.7 cm³/mol. The maximum absolute atomic E-state index is 11.1. The molecule has 2 aromatic heterocycles. The Kier molecular flexibility index (Phi) is 4.63. The lowest BCUT2D eigenvalue weighted by Gasteiger charge is -2.02. The molecular weight excluding hydrogens is 276 g/mol. The molecule has 21 heavy (non-hydrogen) atoms. The van der Waals surface area contributed by atoms with Gasteiger partial charge in [0.05, 0.1) is 5.69 Å². The lowest BCUT2D eigenvalue weighted by Crippen LogP contribution is -2.14. The van der Waals surface area contributed by atoms with Crippen LogP contribution in [0, 0.1) is 5.92 Å². The third kappa shape index (κ3) is 3.63. The average Bonchev–Trinajstić information content (AvgIpc) is 2.98. The van der Waals surface area contributed by atoms with Gasteiger partial charge in [0.2, 0.25) is 5.89 Å². The maximum atomic E-state index is 11.1. The van der Waals surface area contributed by atoms with E-state index in [9.17, 15) is 4.79 Å². The first-order valence-electron chi connectivity index (χ1n) is 6.68. The first kappa shape index (κ1) is 15.1. The minimum absolute atomic E-state index is 0.0913. The minimum atomic E-state index is -1.13. The Balaban J connectivity index is 2.19. The molecule has 0 spiro atoms. The molecule has 0 atom stereocenters. The summed E-state index contributed by atoms with van der Waals surface area (Å²) in [4.78, 5) is 15.3. The molecule has 0 aromatic carbocycles. The van der Waals surface area contributed by atoms with Crippen LogP contribution in [0.1, 0.15) is 41.7 Å².